The van der Waals surface area contributed by atoms with Gasteiger partial charge in [0.2, 0.25) is 5.91 Å². The number of rotatable bonds is 10. The molecule has 0 aromatic heterocycles. The van der Waals surface area contributed by atoms with Crippen LogP contribution in [-0.4, -0.2) is 49.1 Å². The Morgan fingerprint density at radius 3 is 2.29 bits per heavy atom. The van der Waals surface area contributed by atoms with Gasteiger partial charge in [-0.2, -0.15) is 0 Å². The molecule has 2 N–H and O–H groups in total. The summed E-state index contributed by atoms with van der Waals surface area (Å²) in [5, 5.41) is 11.3. The standard InChI is InChI=1S/C12H24N2O3/c1-14(2)10-6-5-9-13-11(15)7-3-4-8-12(16)17/h3-10H2,1-2H3,(H,13,15)(H,16,17). The van der Waals surface area contributed by atoms with E-state index in [-0.39, 0.29) is 12.3 Å². The lowest BCUT2D eigenvalue weighted by atomic mass is 10.2. The van der Waals surface area contributed by atoms with E-state index in [2.05, 4.69) is 10.2 Å². The highest BCUT2D eigenvalue weighted by Crippen LogP contribution is 1.99. The first-order chi connectivity index (χ1) is 8.02. The van der Waals surface area contributed by atoms with Crippen LogP contribution in [0.25, 0.3) is 0 Å². The van der Waals surface area contributed by atoms with Gasteiger partial charge in [0.1, 0.15) is 0 Å². The van der Waals surface area contributed by atoms with E-state index in [0.717, 1.165) is 19.4 Å². The normalized spacial score (nSPS) is 10.5. The van der Waals surface area contributed by atoms with Crippen molar-refractivity contribution in [3.05, 3.63) is 0 Å². The lowest BCUT2D eigenvalue weighted by Crippen LogP contribution is -2.25. The van der Waals surface area contributed by atoms with E-state index in [4.69, 9.17) is 5.11 Å². The Labute approximate surface area is 103 Å². The minimum Gasteiger partial charge on any atom is -0.481 e. The molecule has 0 fully saturated rings. The quantitative estimate of drug-likeness (QED) is 0.564. The molecule has 0 radical (unpaired) electrons. The number of hydrogen-bond donors (Lipinski definition) is 2. The van der Waals surface area contributed by atoms with Gasteiger partial charge in [0.15, 0.2) is 0 Å². The van der Waals surface area contributed by atoms with Crippen LogP contribution in [0.1, 0.15) is 38.5 Å². The van der Waals surface area contributed by atoms with E-state index in [9.17, 15) is 9.59 Å². The van der Waals surface area contributed by atoms with Crippen molar-refractivity contribution >= 4 is 11.9 Å². The monoisotopic (exact) mass is 244 g/mol. The van der Waals surface area contributed by atoms with Crippen LogP contribution >= 0.6 is 0 Å². The summed E-state index contributed by atoms with van der Waals surface area (Å²) in [6, 6.07) is 0. The first kappa shape index (κ1) is 15.9. The molecule has 0 aliphatic heterocycles. The summed E-state index contributed by atoms with van der Waals surface area (Å²) in [5.74, 6) is -0.769. The third kappa shape index (κ3) is 12.8. The predicted molar refractivity (Wildman–Crippen MR) is 66.9 cm³/mol. The number of carbonyl (C=O) groups is 2. The number of hydrogen-bond acceptors (Lipinski definition) is 3. The fraction of sp³-hybridized carbons (Fsp3) is 0.833. The second kappa shape index (κ2) is 10.1. The van der Waals surface area contributed by atoms with Crippen molar-refractivity contribution in [3.63, 3.8) is 0 Å². The summed E-state index contributed by atoms with van der Waals surface area (Å²) in [6.45, 7) is 1.75. The Hall–Kier alpha value is -1.10. The van der Waals surface area contributed by atoms with Crippen molar-refractivity contribution < 1.29 is 14.7 Å². The molecule has 0 saturated heterocycles. The van der Waals surface area contributed by atoms with Gasteiger partial charge in [0, 0.05) is 19.4 Å². The lowest BCUT2D eigenvalue weighted by molar-refractivity contribution is -0.137. The van der Waals surface area contributed by atoms with Gasteiger partial charge in [-0.3, -0.25) is 9.59 Å². The average molecular weight is 244 g/mol. The molecule has 0 bridgehead atoms. The lowest BCUT2D eigenvalue weighted by Gasteiger charge is -2.09. The Balaban J connectivity index is 3.26. The first-order valence-corrected chi connectivity index (χ1v) is 6.15. The van der Waals surface area contributed by atoms with Crippen molar-refractivity contribution in [2.24, 2.45) is 0 Å². The number of carbonyl (C=O) groups excluding carboxylic acids is 1. The Morgan fingerprint density at radius 2 is 1.71 bits per heavy atom. The number of carboxylic acid groups (broad SMARTS) is 1. The maximum Gasteiger partial charge on any atom is 0.303 e. The van der Waals surface area contributed by atoms with Crippen molar-refractivity contribution in [2.45, 2.75) is 38.5 Å². The fourth-order valence-corrected chi connectivity index (χ4v) is 1.43. The predicted octanol–water partition coefficient (Wildman–Crippen LogP) is 1.09. The van der Waals surface area contributed by atoms with Gasteiger partial charge < -0.3 is 15.3 Å². The van der Waals surface area contributed by atoms with Gasteiger partial charge >= 0.3 is 5.97 Å². The maximum absolute atomic E-state index is 11.3. The third-order valence-corrected chi connectivity index (χ3v) is 2.40. The molecular weight excluding hydrogens is 220 g/mol. The number of nitrogens with zero attached hydrogens (tertiary/aromatic N) is 1. The molecule has 100 valence electrons. The molecule has 0 aliphatic rings. The van der Waals surface area contributed by atoms with E-state index < -0.39 is 5.97 Å². The summed E-state index contributed by atoms with van der Waals surface area (Å²) in [6.07, 6.45) is 3.86. The second-order valence-corrected chi connectivity index (χ2v) is 4.46. The van der Waals surface area contributed by atoms with E-state index in [1.165, 1.54) is 0 Å². The van der Waals surface area contributed by atoms with E-state index >= 15 is 0 Å². The van der Waals surface area contributed by atoms with Crippen LogP contribution in [-0.2, 0) is 9.59 Å². The highest BCUT2D eigenvalue weighted by atomic mass is 16.4. The Kier molecular flexibility index (Phi) is 9.43. The summed E-state index contributed by atoms with van der Waals surface area (Å²) < 4.78 is 0. The molecule has 0 spiro atoms. The van der Waals surface area contributed by atoms with E-state index in [1.807, 2.05) is 14.1 Å². The first-order valence-electron chi connectivity index (χ1n) is 6.15. The van der Waals surface area contributed by atoms with Crippen molar-refractivity contribution in [3.8, 4) is 0 Å². The number of nitrogens with one attached hydrogen (secondary N) is 1. The molecule has 0 atom stereocenters. The zero-order valence-corrected chi connectivity index (χ0v) is 10.9. The second-order valence-electron chi connectivity index (χ2n) is 4.46. The smallest absolute Gasteiger partial charge is 0.303 e. The molecule has 0 rings (SSSR count). The van der Waals surface area contributed by atoms with Gasteiger partial charge in [0.05, 0.1) is 0 Å². The Morgan fingerprint density at radius 1 is 1.06 bits per heavy atom. The molecular formula is C12H24N2O3. The molecule has 0 aromatic carbocycles. The maximum atomic E-state index is 11.3. The summed E-state index contributed by atoms with van der Waals surface area (Å²) in [5.41, 5.74) is 0. The van der Waals surface area contributed by atoms with Gasteiger partial charge in [-0.1, -0.05) is 0 Å². The molecule has 5 nitrogen and oxygen atoms in total. The molecule has 17 heavy (non-hydrogen) atoms. The van der Waals surface area contributed by atoms with Crippen molar-refractivity contribution in [1.82, 2.24) is 10.2 Å². The van der Waals surface area contributed by atoms with Crippen LogP contribution in [0.15, 0.2) is 0 Å². The van der Waals surface area contributed by atoms with E-state index in [0.29, 0.717) is 25.8 Å². The van der Waals surface area contributed by atoms with Crippen molar-refractivity contribution in [2.75, 3.05) is 27.2 Å². The van der Waals surface area contributed by atoms with Crippen LogP contribution in [0.4, 0.5) is 0 Å². The van der Waals surface area contributed by atoms with Crippen LogP contribution < -0.4 is 5.32 Å². The average Bonchev–Trinajstić information content (AvgIpc) is 2.23. The zero-order chi connectivity index (χ0) is 13.1. The molecule has 0 heterocycles. The van der Waals surface area contributed by atoms with Gasteiger partial charge in [-0.15, -0.1) is 0 Å². The third-order valence-electron chi connectivity index (χ3n) is 2.40. The minimum atomic E-state index is -0.797. The number of aliphatic carboxylic acids is 1. The highest BCUT2D eigenvalue weighted by Gasteiger charge is 2.02. The zero-order valence-electron chi connectivity index (χ0n) is 10.9. The summed E-state index contributed by atoms with van der Waals surface area (Å²) >= 11 is 0. The topological polar surface area (TPSA) is 69.6 Å². The number of unbranched alkanes of at least 4 members (excludes halogenated alkanes) is 2. The van der Waals surface area contributed by atoms with Crippen LogP contribution in [0.5, 0.6) is 0 Å². The summed E-state index contributed by atoms with van der Waals surface area (Å²) in [7, 11) is 4.06. The summed E-state index contributed by atoms with van der Waals surface area (Å²) in [4.78, 5) is 23.7. The molecule has 1 amide bonds. The molecule has 5 heteroatoms. The number of carboxylic acids is 1. The fourth-order valence-electron chi connectivity index (χ4n) is 1.43. The highest BCUT2D eigenvalue weighted by molar-refractivity contribution is 5.75. The van der Waals surface area contributed by atoms with Crippen LogP contribution in [0.3, 0.4) is 0 Å². The van der Waals surface area contributed by atoms with Gasteiger partial charge in [0.25, 0.3) is 0 Å². The van der Waals surface area contributed by atoms with Crippen molar-refractivity contribution in [1.29, 1.82) is 0 Å². The van der Waals surface area contributed by atoms with E-state index in [1.54, 1.807) is 0 Å². The van der Waals surface area contributed by atoms with Gasteiger partial charge in [-0.05, 0) is 46.3 Å². The SMILES string of the molecule is CN(C)CCCCNC(=O)CCCCC(=O)O. The Bertz CT molecular complexity index is 230. The van der Waals surface area contributed by atoms with Crippen LogP contribution in [0.2, 0.25) is 0 Å². The molecule has 0 saturated carbocycles. The minimum absolute atomic E-state index is 0.0280. The van der Waals surface area contributed by atoms with Gasteiger partial charge in [-0.25, -0.2) is 0 Å². The van der Waals surface area contributed by atoms with Crippen LogP contribution in [0, 0.1) is 0 Å². The molecule has 0 unspecified atom stereocenters. The molecule has 0 aromatic rings. The largest absolute Gasteiger partial charge is 0.481 e. The number of amides is 1. The molecule has 0 aliphatic carbocycles.